The number of aliphatic hydroxyl groups is 3. The molecule has 0 amide bonds. The van der Waals surface area contributed by atoms with E-state index in [0.29, 0.717) is 29.6 Å². The summed E-state index contributed by atoms with van der Waals surface area (Å²) in [5.74, 6) is 2.82. The molecule has 3 saturated carbocycles. The minimum atomic E-state index is -0.256. The first-order valence-electron chi connectivity index (χ1n) is 12.8. The third-order valence-corrected chi connectivity index (χ3v) is 10.4. The van der Waals surface area contributed by atoms with Crippen molar-refractivity contribution in [3.05, 3.63) is 11.6 Å². The van der Waals surface area contributed by atoms with Gasteiger partial charge < -0.3 is 15.3 Å². The Morgan fingerprint density at radius 3 is 2.50 bits per heavy atom. The second-order valence-electron chi connectivity index (χ2n) is 12.4. The van der Waals surface area contributed by atoms with Crippen LogP contribution >= 0.6 is 0 Å². The zero-order valence-corrected chi connectivity index (χ0v) is 20.0. The van der Waals surface area contributed by atoms with Gasteiger partial charge in [-0.1, -0.05) is 46.3 Å². The molecule has 0 saturated heterocycles. The summed E-state index contributed by atoms with van der Waals surface area (Å²) >= 11 is 0. The highest BCUT2D eigenvalue weighted by Crippen LogP contribution is 2.67. The zero-order chi connectivity index (χ0) is 21.8. The molecule has 0 spiro atoms. The lowest BCUT2D eigenvalue weighted by Crippen LogP contribution is -2.52. The van der Waals surface area contributed by atoms with Crippen LogP contribution in [-0.4, -0.2) is 33.6 Å². The Labute approximate surface area is 184 Å². The second-order valence-corrected chi connectivity index (χ2v) is 12.4. The second kappa shape index (κ2) is 8.19. The van der Waals surface area contributed by atoms with Gasteiger partial charge in [0.05, 0.1) is 18.3 Å². The standard InChI is InChI=1S/C27H46O3/c1-16(2)6-9-23(29)17(3)22-15-24(30)25-20-8-7-18-14-19(28)10-12-26(18,4)21(20)11-13-27(22,25)5/h7,16-17,19-25,28-30H,6,8-15H2,1-5H3/t17-,19-,20+,21-,22+,23+,24+,25+,26-,27+/m0/s1. The summed E-state index contributed by atoms with van der Waals surface area (Å²) in [6, 6.07) is 0. The maximum absolute atomic E-state index is 11.3. The van der Waals surface area contributed by atoms with Crippen molar-refractivity contribution < 1.29 is 15.3 Å². The lowest BCUT2D eigenvalue weighted by Gasteiger charge is -2.58. The van der Waals surface area contributed by atoms with Gasteiger partial charge in [0.15, 0.2) is 0 Å². The Morgan fingerprint density at radius 1 is 1.07 bits per heavy atom. The van der Waals surface area contributed by atoms with Crippen LogP contribution in [-0.2, 0) is 0 Å². The molecule has 0 aromatic carbocycles. The largest absolute Gasteiger partial charge is 0.393 e. The molecule has 10 atom stereocenters. The first-order chi connectivity index (χ1) is 14.1. The number of fused-ring (bicyclic) bond motifs is 5. The summed E-state index contributed by atoms with van der Waals surface area (Å²) < 4.78 is 0. The summed E-state index contributed by atoms with van der Waals surface area (Å²) in [5.41, 5.74) is 1.84. The van der Waals surface area contributed by atoms with Crippen molar-refractivity contribution in [3.8, 4) is 0 Å². The van der Waals surface area contributed by atoms with Gasteiger partial charge in [0, 0.05) is 0 Å². The number of allylic oxidation sites excluding steroid dienone is 1. The van der Waals surface area contributed by atoms with Gasteiger partial charge in [0.2, 0.25) is 0 Å². The van der Waals surface area contributed by atoms with Gasteiger partial charge in [0.25, 0.3) is 0 Å². The highest BCUT2D eigenvalue weighted by Gasteiger charge is 2.62. The summed E-state index contributed by atoms with van der Waals surface area (Å²) in [6.45, 7) is 11.6. The maximum atomic E-state index is 11.3. The van der Waals surface area contributed by atoms with E-state index in [-0.39, 0.29) is 35.1 Å². The summed E-state index contributed by atoms with van der Waals surface area (Å²) in [6.07, 6.45) is 10.9. The molecule has 4 rings (SSSR count). The van der Waals surface area contributed by atoms with Gasteiger partial charge >= 0.3 is 0 Å². The molecule has 4 aliphatic carbocycles. The fraction of sp³-hybridized carbons (Fsp3) is 0.926. The highest BCUT2D eigenvalue weighted by molar-refractivity contribution is 5.26. The fourth-order valence-corrected chi connectivity index (χ4v) is 8.61. The van der Waals surface area contributed by atoms with Crippen molar-refractivity contribution >= 4 is 0 Å². The molecule has 0 unspecified atom stereocenters. The van der Waals surface area contributed by atoms with Gasteiger partial charge in [0.1, 0.15) is 0 Å². The summed E-state index contributed by atoms with van der Waals surface area (Å²) in [7, 11) is 0. The molecule has 3 fully saturated rings. The van der Waals surface area contributed by atoms with Crippen molar-refractivity contribution in [1.82, 2.24) is 0 Å². The number of rotatable bonds is 5. The van der Waals surface area contributed by atoms with Crippen LogP contribution in [0.1, 0.15) is 92.4 Å². The average Bonchev–Trinajstić information content (AvgIpc) is 2.96. The van der Waals surface area contributed by atoms with Crippen LogP contribution in [0, 0.1) is 46.3 Å². The molecule has 3 heteroatoms. The van der Waals surface area contributed by atoms with Crippen LogP contribution < -0.4 is 0 Å². The molecule has 172 valence electrons. The van der Waals surface area contributed by atoms with E-state index in [0.717, 1.165) is 44.9 Å². The van der Waals surface area contributed by atoms with E-state index < -0.39 is 0 Å². The normalized spacial score (nSPS) is 47.8. The Morgan fingerprint density at radius 2 is 1.80 bits per heavy atom. The average molecular weight is 419 g/mol. The van der Waals surface area contributed by atoms with Crippen molar-refractivity contribution in [2.45, 2.75) is 111 Å². The van der Waals surface area contributed by atoms with E-state index in [4.69, 9.17) is 0 Å². The van der Waals surface area contributed by atoms with Crippen molar-refractivity contribution in [2.75, 3.05) is 0 Å². The van der Waals surface area contributed by atoms with Crippen molar-refractivity contribution in [2.24, 2.45) is 46.3 Å². The molecule has 0 bridgehead atoms. The SMILES string of the molecule is CC(C)CC[C@@H](O)[C@@H](C)[C@H]1C[C@@H](O)[C@H]2[C@@H]3CC=C4C[C@@H](O)CC[C@]4(C)[C@H]3CC[C@@]21C. The molecule has 0 aromatic heterocycles. The Kier molecular flexibility index (Phi) is 6.23. The van der Waals surface area contributed by atoms with Crippen LogP contribution in [0.5, 0.6) is 0 Å². The zero-order valence-electron chi connectivity index (χ0n) is 20.0. The molecule has 0 aliphatic heterocycles. The molecular formula is C27H46O3. The fourth-order valence-electron chi connectivity index (χ4n) is 8.61. The number of hydrogen-bond donors (Lipinski definition) is 3. The van der Waals surface area contributed by atoms with E-state index in [1.54, 1.807) is 0 Å². The predicted octanol–water partition coefficient (Wildman–Crippen LogP) is 5.33. The van der Waals surface area contributed by atoms with Crippen molar-refractivity contribution in [3.63, 3.8) is 0 Å². The first kappa shape index (κ1) is 22.8. The summed E-state index contributed by atoms with van der Waals surface area (Å²) in [5, 5.41) is 32.5. The lowest BCUT2D eigenvalue weighted by atomic mass is 9.46. The van der Waals surface area contributed by atoms with Gasteiger partial charge in [-0.3, -0.25) is 0 Å². The molecular weight excluding hydrogens is 372 g/mol. The molecule has 30 heavy (non-hydrogen) atoms. The maximum Gasteiger partial charge on any atom is 0.0579 e. The van der Waals surface area contributed by atoms with Crippen LogP contribution in [0.2, 0.25) is 0 Å². The Balaban J connectivity index is 1.56. The van der Waals surface area contributed by atoms with E-state index in [2.05, 4.69) is 40.7 Å². The molecule has 0 aromatic rings. The molecule has 4 aliphatic rings. The monoisotopic (exact) mass is 418 g/mol. The topological polar surface area (TPSA) is 60.7 Å². The highest BCUT2D eigenvalue weighted by atomic mass is 16.3. The predicted molar refractivity (Wildman–Crippen MR) is 122 cm³/mol. The van der Waals surface area contributed by atoms with E-state index >= 15 is 0 Å². The Bertz CT molecular complexity index is 656. The van der Waals surface area contributed by atoms with E-state index in [9.17, 15) is 15.3 Å². The number of hydrogen-bond acceptors (Lipinski definition) is 3. The molecule has 0 heterocycles. The third kappa shape index (κ3) is 3.61. The van der Waals surface area contributed by atoms with Gasteiger partial charge in [-0.05, 0) is 104 Å². The van der Waals surface area contributed by atoms with Crippen LogP contribution in [0.25, 0.3) is 0 Å². The van der Waals surface area contributed by atoms with Gasteiger partial charge in [-0.2, -0.15) is 0 Å². The van der Waals surface area contributed by atoms with E-state index in [1.165, 1.54) is 18.4 Å². The van der Waals surface area contributed by atoms with Crippen molar-refractivity contribution in [1.29, 1.82) is 0 Å². The third-order valence-electron chi connectivity index (χ3n) is 10.4. The lowest BCUT2D eigenvalue weighted by molar-refractivity contribution is -0.0876. The molecule has 0 radical (unpaired) electrons. The van der Waals surface area contributed by atoms with E-state index in [1.807, 2.05) is 0 Å². The molecule has 3 N–H and O–H groups in total. The minimum Gasteiger partial charge on any atom is -0.393 e. The quantitative estimate of drug-likeness (QED) is 0.529. The van der Waals surface area contributed by atoms with Crippen LogP contribution in [0.4, 0.5) is 0 Å². The van der Waals surface area contributed by atoms with Crippen LogP contribution in [0.15, 0.2) is 11.6 Å². The van der Waals surface area contributed by atoms with Crippen LogP contribution in [0.3, 0.4) is 0 Å². The Hall–Kier alpha value is -0.380. The summed E-state index contributed by atoms with van der Waals surface area (Å²) in [4.78, 5) is 0. The smallest absolute Gasteiger partial charge is 0.0579 e. The minimum absolute atomic E-state index is 0.134. The first-order valence-corrected chi connectivity index (χ1v) is 12.8. The molecule has 3 nitrogen and oxygen atoms in total. The number of aliphatic hydroxyl groups excluding tert-OH is 3. The van der Waals surface area contributed by atoms with Gasteiger partial charge in [-0.25, -0.2) is 0 Å². The van der Waals surface area contributed by atoms with Gasteiger partial charge in [-0.15, -0.1) is 0 Å².